The number of thioether (sulfide) groups is 1. The van der Waals surface area contributed by atoms with Crippen LogP contribution in [0.3, 0.4) is 0 Å². The van der Waals surface area contributed by atoms with Gasteiger partial charge in [-0.3, -0.25) is 4.79 Å². The summed E-state index contributed by atoms with van der Waals surface area (Å²) in [5, 5.41) is 5.84. The van der Waals surface area contributed by atoms with Crippen LogP contribution in [0.1, 0.15) is 12.5 Å². The zero-order chi connectivity index (χ0) is 16.1. The summed E-state index contributed by atoms with van der Waals surface area (Å²) in [4.78, 5) is 20.6. The number of carbonyl (C=O) groups excluding carboxylic acids is 1. The summed E-state index contributed by atoms with van der Waals surface area (Å²) in [6.45, 7) is 2.61. The van der Waals surface area contributed by atoms with E-state index < -0.39 is 0 Å². The van der Waals surface area contributed by atoms with Gasteiger partial charge in [0.05, 0.1) is 5.25 Å². The summed E-state index contributed by atoms with van der Waals surface area (Å²) < 4.78 is 2.05. The minimum absolute atomic E-state index is 0.0702. The molecule has 3 rings (SSSR count). The molecule has 1 N–H and O–H groups in total. The van der Waals surface area contributed by atoms with Crippen LogP contribution in [0.15, 0.2) is 59.5 Å². The van der Waals surface area contributed by atoms with Gasteiger partial charge in [0.2, 0.25) is 5.91 Å². The standard InChI is InChI=1S/C16H16N4OS2/c1-12(14(21)19-15-17-8-10-22-15)23-16-18-7-9-20(16)11-13-5-3-2-4-6-13/h2-10,12H,11H2,1H3,(H,17,19,21). The number of carbonyl (C=O) groups is 1. The molecule has 0 aliphatic heterocycles. The maximum Gasteiger partial charge on any atom is 0.239 e. The van der Waals surface area contributed by atoms with Crippen LogP contribution >= 0.6 is 23.1 Å². The topological polar surface area (TPSA) is 59.8 Å². The van der Waals surface area contributed by atoms with Crippen molar-refractivity contribution in [1.29, 1.82) is 0 Å². The van der Waals surface area contributed by atoms with Crippen LogP contribution < -0.4 is 5.32 Å². The van der Waals surface area contributed by atoms with Crippen LogP contribution in [-0.2, 0) is 11.3 Å². The molecule has 7 heteroatoms. The van der Waals surface area contributed by atoms with E-state index in [1.807, 2.05) is 41.3 Å². The van der Waals surface area contributed by atoms with E-state index in [9.17, 15) is 4.79 Å². The number of nitrogens with zero attached hydrogens (tertiary/aromatic N) is 3. The van der Waals surface area contributed by atoms with E-state index >= 15 is 0 Å². The Labute approximate surface area is 142 Å². The Morgan fingerprint density at radius 2 is 2.13 bits per heavy atom. The van der Waals surface area contributed by atoms with Gasteiger partial charge in [0.15, 0.2) is 10.3 Å². The van der Waals surface area contributed by atoms with Gasteiger partial charge in [-0.15, -0.1) is 11.3 Å². The molecule has 0 spiro atoms. The number of amides is 1. The molecule has 0 fully saturated rings. The van der Waals surface area contributed by atoms with Crippen molar-refractivity contribution in [2.45, 2.75) is 23.9 Å². The molecule has 0 saturated heterocycles. The van der Waals surface area contributed by atoms with Crippen LogP contribution in [0, 0.1) is 0 Å². The molecule has 23 heavy (non-hydrogen) atoms. The van der Waals surface area contributed by atoms with Crippen LogP contribution in [-0.4, -0.2) is 25.7 Å². The third-order valence-corrected chi connectivity index (χ3v) is 4.99. The van der Waals surface area contributed by atoms with Crippen molar-refractivity contribution in [3.8, 4) is 0 Å². The van der Waals surface area contributed by atoms with Crippen molar-refractivity contribution in [3.05, 3.63) is 59.9 Å². The van der Waals surface area contributed by atoms with Crippen molar-refractivity contribution in [2.75, 3.05) is 5.32 Å². The Morgan fingerprint density at radius 1 is 1.30 bits per heavy atom. The number of rotatable bonds is 6. The average Bonchev–Trinajstić information content (AvgIpc) is 3.21. The molecule has 0 aliphatic carbocycles. The first-order valence-electron chi connectivity index (χ1n) is 7.14. The molecule has 2 aromatic heterocycles. The maximum atomic E-state index is 12.2. The van der Waals surface area contributed by atoms with Gasteiger partial charge in [-0.1, -0.05) is 42.1 Å². The first-order chi connectivity index (χ1) is 11.2. The van der Waals surface area contributed by atoms with Gasteiger partial charge in [0.1, 0.15) is 0 Å². The van der Waals surface area contributed by atoms with Gasteiger partial charge < -0.3 is 9.88 Å². The lowest BCUT2D eigenvalue weighted by Gasteiger charge is -2.12. The SMILES string of the molecule is CC(Sc1nccn1Cc1ccccc1)C(=O)Nc1nccs1. The van der Waals surface area contributed by atoms with Crippen molar-refractivity contribution in [3.63, 3.8) is 0 Å². The molecule has 3 aromatic rings. The molecule has 1 amide bonds. The van der Waals surface area contributed by atoms with Crippen molar-refractivity contribution >= 4 is 34.1 Å². The van der Waals surface area contributed by atoms with Gasteiger partial charge in [-0.05, 0) is 12.5 Å². The molecule has 118 valence electrons. The van der Waals surface area contributed by atoms with Crippen molar-refractivity contribution in [1.82, 2.24) is 14.5 Å². The molecule has 0 saturated carbocycles. The molecule has 1 aromatic carbocycles. The minimum Gasteiger partial charge on any atom is -0.322 e. The first kappa shape index (κ1) is 15.8. The predicted octanol–water partition coefficient (Wildman–Crippen LogP) is 3.51. The molecule has 0 aliphatic rings. The van der Waals surface area contributed by atoms with E-state index in [0.717, 1.165) is 11.7 Å². The van der Waals surface area contributed by atoms with E-state index in [2.05, 4.69) is 27.4 Å². The molecule has 0 radical (unpaired) electrons. The second-order valence-corrected chi connectivity index (χ2v) is 7.11. The monoisotopic (exact) mass is 344 g/mol. The predicted molar refractivity (Wildman–Crippen MR) is 93.8 cm³/mol. The number of benzene rings is 1. The maximum absolute atomic E-state index is 12.2. The Bertz CT molecular complexity index is 756. The quantitative estimate of drug-likeness (QED) is 0.695. The van der Waals surface area contributed by atoms with Gasteiger partial charge in [0.25, 0.3) is 0 Å². The normalized spacial score (nSPS) is 12.0. The van der Waals surface area contributed by atoms with Gasteiger partial charge in [-0.2, -0.15) is 0 Å². The average molecular weight is 344 g/mol. The first-order valence-corrected chi connectivity index (χ1v) is 8.90. The lowest BCUT2D eigenvalue weighted by atomic mass is 10.2. The number of anilines is 1. The Hall–Kier alpha value is -2.12. The third kappa shape index (κ3) is 4.20. The largest absolute Gasteiger partial charge is 0.322 e. The fourth-order valence-corrected chi connectivity index (χ4v) is 3.41. The molecule has 2 heterocycles. The van der Waals surface area contributed by atoms with Gasteiger partial charge >= 0.3 is 0 Å². The molecule has 1 atom stereocenters. The summed E-state index contributed by atoms with van der Waals surface area (Å²) in [5.74, 6) is -0.0702. The van der Waals surface area contributed by atoms with Gasteiger partial charge in [0, 0.05) is 30.5 Å². The van der Waals surface area contributed by atoms with E-state index in [0.29, 0.717) is 5.13 Å². The Kier molecular flexibility index (Phi) is 5.09. The smallest absolute Gasteiger partial charge is 0.239 e. The van der Waals surface area contributed by atoms with E-state index in [4.69, 9.17) is 0 Å². The summed E-state index contributed by atoms with van der Waals surface area (Å²) in [6.07, 6.45) is 5.36. The molecular formula is C16H16N4OS2. The lowest BCUT2D eigenvalue weighted by molar-refractivity contribution is -0.115. The second kappa shape index (κ2) is 7.43. The summed E-state index contributed by atoms with van der Waals surface area (Å²) in [5.41, 5.74) is 1.20. The van der Waals surface area contributed by atoms with Crippen molar-refractivity contribution in [2.24, 2.45) is 0 Å². The Morgan fingerprint density at radius 3 is 2.87 bits per heavy atom. The summed E-state index contributed by atoms with van der Waals surface area (Å²) >= 11 is 2.85. The van der Waals surface area contributed by atoms with Crippen LogP contribution in [0.25, 0.3) is 0 Å². The number of hydrogen-bond donors (Lipinski definition) is 1. The van der Waals surface area contributed by atoms with Gasteiger partial charge in [-0.25, -0.2) is 9.97 Å². The highest BCUT2D eigenvalue weighted by molar-refractivity contribution is 8.00. The highest BCUT2D eigenvalue weighted by Crippen LogP contribution is 2.24. The highest BCUT2D eigenvalue weighted by Gasteiger charge is 2.18. The summed E-state index contributed by atoms with van der Waals surface area (Å²) in [6, 6.07) is 10.2. The number of nitrogens with one attached hydrogen (secondary N) is 1. The lowest BCUT2D eigenvalue weighted by Crippen LogP contribution is -2.22. The highest BCUT2D eigenvalue weighted by atomic mass is 32.2. The number of hydrogen-bond acceptors (Lipinski definition) is 5. The molecule has 5 nitrogen and oxygen atoms in total. The number of aromatic nitrogens is 3. The molecule has 1 unspecified atom stereocenters. The molecule has 0 bridgehead atoms. The van der Waals surface area contributed by atoms with Crippen LogP contribution in [0.5, 0.6) is 0 Å². The molecular weight excluding hydrogens is 328 g/mol. The minimum atomic E-state index is -0.254. The number of thiazole rings is 1. The fourth-order valence-electron chi connectivity index (χ4n) is 2.02. The van der Waals surface area contributed by atoms with E-state index in [-0.39, 0.29) is 11.2 Å². The van der Waals surface area contributed by atoms with Crippen molar-refractivity contribution < 1.29 is 4.79 Å². The van der Waals surface area contributed by atoms with E-state index in [1.165, 1.54) is 28.7 Å². The van der Waals surface area contributed by atoms with Crippen LogP contribution in [0.4, 0.5) is 5.13 Å². The zero-order valence-electron chi connectivity index (χ0n) is 12.5. The summed E-state index contributed by atoms with van der Waals surface area (Å²) in [7, 11) is 0. The zero-order valence-corrected chi connectivity index (χ0v) is 14.2. The second-order valence-electron chi connectivity index (χ2n) is 4.91. The van der Waals surface area contributed by atoms with Crippen LogP contribution in [0.2, 0.25) is 0 Å². The van der Waals surface area contributed by atoms with E-state index in [1.54, 1.807) is 12.4 Å². The number of imidazole rings is 1. The fraction of sp³-hybridized carbons (Fsp3) is 0.188. The third-order valence-electron chi connectivity index (χ3n) is 3.19. The Balaban J connectivity index is 1.64.